The molecular weight excluding hydrogens is 344 g/mol. The van der Waals surface area contributed by atoms with E-state index in [0.29, 0.717) is 25.8 Å². The molecule has 148 valence electrons. The van der Waals surface area contributed by atoms with Gasteiger partial charge in [0.25, 0.3) is 0 Å². The minimum Gasteiger partial charge on any atom is -0.480 e. The number of amides is 3. The van der Waals surface area contributed by atoms with Gasteiger partial charge < -0.3 is 31.5 Å². The van der Waals surface area contributed by atoms with E-state index in [1.807, 2.05) is 0 Å². The van der Waals surface area contributed by atoms with Crippen LogP contribution in [0, 0.1) is 5.92 Å². The van der Waals surface area contributed by atoms with E-state index in [0.717, 1.165) is 0 Å². The maximum atomic E-state index is 12.4. The smallest absolute Gasteiger partial charge is 0.326 e. The normalized spacial score (nSPS) is 20.2. The monoisotopic (exact) mass is 372 g/mol. The number of rotatable bonds is 9. The highest BCUT2D eigenvalue weighted by molar-refractivity contribution is 5.94. The zero-order chi connectivity index (χ0) is 19.9. The van der Waals surface area contributed by atoms with E-state index in [4.69, 9.17) is 5.73 Å². The molecule has 1 saturated heterocycles. The van der Waals surface area contributed by atoms with Gasteiger partial charge in [0.1, 0.15) is 18.1 Å². The van der Waals surface area contributed by atoms with E-state index >= 15 is 0 Å². The van der Waals surface area contributed by atoms with E-state index in [2.05, 4.69) is 10.6 Å². The largest absolute Gasteiger partial charge is 0.480 e. The molecule has 1 heterocycles. The molecule has 10 nitrogen and oxygen atoms in total. The topological polar surface area (TPSA) is 162 Å². The average Bonchev–Trinajstić information content (AvgIpc) is 3.11. The first-order valence-electron chi connectivity index (χ1n) is 8.70. The Morgan fingerprint density at radius 1 is 1.27 bits per heavy atom. The van der Waals surface area contributed by atoms with Crippen molar-refractivity contribution in [1.29, 1.82) is 0 Å². The number of carboxylic acid groups (broad SMARTS) is 1. The van der Waals surface area contributed by atoms with Crippen molar-refractivity contribution in [3.63, 3.8) is 0 Å². The molecule has 0 aliphatic carbocycles. The zero-order valence-corrected chi connectivity index (χ0v) is 15.1. The lowest BCUT2D eigenvalue weighted by molar-refractivity contribution is -0.144. The summed E-state index contributed by atoms with van der Waals surface area (Å²) in [5, 5.41) is 23.4. The molecule has 0 aromatic heterocycles. The second-order valence-electron chi connectivity index (χ2n) is 6.40. The molecule has 26 heavy (non-hydrogen) atoms. The first-order valence-corrected chi connectivity index (χ1v) is 8.70. The van der Waals surface area contributed by atoms with E-state index in [1.165, 1.54) is 4.90 Å². The Morgan fingerprint density at radius 3 is 2.42 bits per heavy atom. The lowest BCUT2D eigenvalue weighted by atomic mass is 9.99. The molecular formula is C16H28N4O6. The van der Waals surface area contributed by atoms with Gasteiger partial charge in [0, 0.05) is 6.54 Å². The van der Waals surface area contributed by atoms with Gasteiger partial charge in [-0.05, 0) is 18.8 Å². The summed E-state index contributed by atoms with van der Waals surface area (Å²) in [4.78, 5) is 49.1. The number of nitrogens with one attached hydrogen (secondary N) is 2. The van der Waals surface area contributed by atoms with Crippen LogP contribution in [0.2, 0.25) is 0 Å². The molecule has 4 atom stereocenters. The molecule has 0 radical (unpaired) electrons. The molecule has 6 N–H and O–H groups in total. The molecule has 1 aliphatic rings. The summed E-state index contributed by atoms with van der Waals surface area (Å²) >= 11 is 0. The summed E-state index contributed by atoms with van der Waals surface area (Å²) in [5.41, 5.74) is 5.33. The summed E-state index contributed by atoms with van der Waals surface area (Å²) < 4.78 is 0. The number of aliphatic hydroxyl groups is 1. The van der Waals surface area contributed by atoms with Gasteiger partial charge in [-0.1, -0.05) is 20.3 Å². The fraction of sp³-hybridized carbons (Fsp3) is 0.750. The molecule has 1 fully saturated rings. The van der Waals surface area contributed by atoms with Gasteiger partial charge in [-0.3, -0.25) is 14.4 Å². The van der Waals surface area contributed by atoms with Gasteiger partial charge in [-0.15, -0.1) is 0 Å². The first-order chi connectivity index (χ1) is 12.3. The molecule has 3 amide bonds. The molecule has 0 bridgehead atoms. The van der Waals surface area contributed by atoms with Crippen LogP contribution in [0.15, 0.2) is 0 Å². The van der Waals surface area contributed by atoms with Crippen molar-refractivity contribution in [2.75, 3.05) is 19.7 Å². The molecule has 0 aromatic rings. The van der Waals surface area contributed by atoms with Crippen molar-refractivity contribution in [2.24, 2.45) is 11.7 Å². The fourth-order valence-electron chi connectivity index (χ4n) is 2.85. The highest BCUT2D eigenvalue weighted by atomic mass is 16.4. The number of likely N-dealkylation sites (tertiary alicyclic amines) is 1. The third-order valence-electron chi connectivity index (χ3n) is 4.64. The number of carbonyl (C=O) groups excluding carboxylic acids is 3. The summed E-state index contributed by atoms with van der Waals surface area (Å²) in [6.07, 6.45) is 1.60. The number of aliphatic hydroxyl groups excluding tert-OH is 1. The maximum absolute atomic E-state index is 12.4. The Kier molecular flexibility index (Phi) is 8.46. The first kappa shape index (κ1) is 21.8. The Bertz CT molecular complexity index is 541. The van der Waals surface area contributed by atoms with Crippen molar-refractivity contribution in [2.45, 2.75) is 51.2 Å². The quantitative estimate of drug-likeness (QED) is 0.313. The minimum absolute atomic E-state index is 0.219. The van der Waals surface area contributed by atoms with Crippen molar-refractivity contribution in [3.8, 4) is 0 Å². The predicted molar refractivity (Wildman–Crippen MR) is 91.8 cm³/mol. The molecule has 10 heteroatoms. The third kappa shape index (κ3) is 5.40. The molecule has 1 aliphatic heterocycles. The highest BCUT2D eigenvalue weighted by Crippen LogP contribution is 2.17. The summed E-state index contributed by atoms with van der Waals surface area (Å²) in [5.74, 6) is -3.24. The Labute approximate surface area is 152 Å². The second kappa shape index (κ2) is 10.1. The van der Waals surface area contributed by atoms with Gasteiger partial charge in [0.15, 0.2) is 0 Å². The Hall–Kier alpha value is -2.20. The number of nitrogens with two attached hydrogens (primary N) is 1. The fourth-order valence-corrected chi connectivity index (χ4v) is 2.85. The summed E-state index contributed by atoms with van der Waals surface area (Å²) in [6.45, 7) is 2.96. The zero-order valence-electron chi connectivity index (χ0n) is 15.1. The van der Waals surface area contributed by atoms with Crippen LogP contribution in [0.25, 0.3) is 0 Å². The van der Waals surface area contributed by atoms with E-state index in [1.54, 1.807) is 13.8 Å². The molecule has 0 spiro atoms. The molecule has 4 unspecified atom stereocenters. The second-order valence-corrected chi connectivity index (χ2v) is 6.40. The van der Waals surface area contributed by atoms with E-state index in [9.17, 15) is 29.4 Å². The van der Waals surface area contributed by atoms with Crippen LogP contribution in [0.4, 0.5) is 0 Å². The van der Waals surface area contributed by atoms with Crippen LogP contribution in [0.5, 0.6) is 0 Å². The number of carbonyl (C=O) groups is 4. The van der Waals surface area contributed by atoms with Crippen LogP contribution in [-0.2, 0) is 19.2 Å². The standard InChI is InChI=1S/C16H28N4O6/c1-3-9(2)13(16(25)26)19-14(23)10(8-21)18-15(24)11-5-4-6-20(11)12(22)7-17/h9-11,13,21H,3-8,17H2,1-2H3,(H,18,24)(H,19,23)(H,25,26). The number of hydrogen-bond donors (Lipinski definition) is 5. The highest BCUT2D eigenvalue weighted by Gasteiger charge is 2.36. The lowest BCUT2D eigenvalue weighted by Gasteiger charge is -2.27. The van der Waals surface area contributed by atoms with E-state index in [-0.39, 0.29) is 18.4 Å². The van der Waals surface area contributed by atoms with Crippen LogP contribution in [-0.4, -0.2) is 76.6 Å². The van der Waals surface area contributed by atoms with Gasteiger partial charge >= 0.3 is 5.97 Å². The van der Waals surface area contributed by atoms with Crippen LogP contribution < -0.4 is 16.4 Å². The lowest BCUT2D eigenvalue weighted by Crippen LogP contribution is -2.57. The number of hydrogen-bond acceptors (Lipinski definition) is 6. The minimum atomic E-state index is -1.30. The molecule has 1 rings (SSSR count). The number of aliphatic carboxylic acids is 1. The number of nitrogens with zero attached hydrogens (tertiary/aromatic N) is 1. The Morgan fingerprint density at radius 2 is 1.92 bits per heavy atom. The summed E-state index contributed by atoms with van der Waals surface area (Å²) in [6, 6.07) is -3.18. The number of carboxylic acids is 1. The SMILES string of the molecule is CCC(C)C(NC(=O)C(CO)NC(=O)C1CCCN1C(=O)CN)C(=O)O. The van der Waals surface area contributed by atoms with Crippen molar-refractivity contribution >= 4 is 23.7 Å². The van der Waals surface area contributed by atoms with Crippen molar-refractivity contribution < 1.29 is 29.4 Å². The van der Waals surface area contributed by atoms with Crippen LogP contribution in [0.1, 0.15) is 33.1 Å². The van der Waals surface area contributed by atoms with Gasteiger partial charge in [0.05, 0.1) is 13.2 Å². The molecule has 0 saturated carbocycles. The van der Waals surface area contributed by atoms with Crippen molar-refractivity contribution in [1.82, 2.24) is 15.5 Å². The third-order valence-corrected chi connectivity index (χ3v) is 4.64. The van der Waals surface area contributed by atoms with Crippen LogP contribution in [0.3, 0.4) is 0 Å². The predicted octanol–water partition coefficient (Wildman–Crippen LogP) is -1.97. The average molecular weight is 372 g/mol. The van der Waals surface area contributed by atoms with Gasteiger partial charge in [0.2, 0.25) is 17.7 Å². The molecule has 0 aromatic carbocycles. The van der Waals surface area contributed by atoms with E-state index < -0.39 is 42.5 Å². The Balaban J connectivity index is 2.75. The van der Waals surface area contributed by atoms with Crippen LogP contribution >= 0.6 is 0 Å². The van der Waals surface area contributed by atoms with Gasteiger partial charge in [-0.2, -0.15) is 0 Å². The summed E-state index contributed by atoms with van der Waals surface area (Å²) in [7, 11) is 0. The van der Waals surface area contributed by atoms with Gasteiger partial charge in [-0.25, -0.2) is 4.79 Å². The van der Waals surface area contributed by atoms with Crippen molar-refractivity contribution in [3.05, 3.63) is 0 Å². The maximum Gasteiger partial charge on any atom is 0.326 e.